The van der Waals surface area contributed by atoms with Gasteiger partial charge in [0.1, 0.15) is 6.54 Å². The van der Waals surface area contributed by atoms with Gasteiger partial charge in [-0.25, -0.2) is 0 Å². The number of fused-ring (bicyclic) bond motifs is 3. The molecule has 0 spiro atoms. The summed E-state index contributed by atoms with van der Waals surface area (Å²) in [4.78, 5) is 4.42. The molecule has 0 radical (unpaired) electrons. The first-order valence-corrected chi connectivity index (χ1v) is 9.43. The van der Waals surface area contributed by atoms with Crippen LogP contribution in [0.3, 0.4) is 0 Å². The molecule has 1 atom stereocenters. The number of nitrogens with zero attached hydrogens (tertiary/aromatic N) is 3. The van der Waals surface area contributed by atoms with Crippen LogP contribution in [0.15, 0.2) is 36.5 Å². The minimum Gasteiger partial charge on any atom is -0.809 e. The summed E-state index contributed by atoms with van der Waals surface area (Å²) in [6.45, 7) is 6.85. The van der Waals surface area contributed by atoms with Gasteiger partial charge < -0.3 is 14.2 Å². The second kappa shape index (κ2) is 6.53. The van der Waals surface area contributed by atoms with Gasteiger partial charge in [0.2, 0.25) is 0 Å². The van der Waals surface area contributed by atoms with Crippen molar-refractivity contribution in [2.24, 2.45) is 0 Å². The van der Waals surface area contributed by atoms with E-state index in [1.165, 1.54) is 33.3 Å². The third kappa shape index (κ3) is 3.04. The Morgan fingerprint density at radius 3 is 2.77 bits per heavy atom. The molecule has 1 aromatic carbocycles. The fourth-order valence-corrected chi connectivity index (χ4v) is 4.14. The largest absolute Gasteiger partial charge is 0.809 e. The Balaban J connectivity index is 1.74. The Morgan fingerprint density at radius 2 is 2.04 bits per heavy atom. The van der Waals surface area contributed by atoms with Crippen LogP contribution in [0.2, 0.25) is 0 Å². The lowest BCUT2D eigenvalue weighted by atomic mass is 10.0. The first kappa shape index (κ1) is 17.3. The molecular weight excluding hydrogens is 322 g/mol. The molecule has 2 aromatic heterocycles. The highest BCUT2D eigenvalue weighted by Gasteiger charge is 2.30. The van der Waals surface area contributed by atoms with Crippen molar-refractivity contribution in [1.29, 1.82) is 0 Å². The van der Waals surface area contributed by atoms with Gasteiger partial charge in [-0.2, -0.15) is 0 Å². The van der Waals surface area contributed by atoms with Crippen molar-refractivity contribution in [2.75, 3.05) is 20.3 Å². The Bertz CT molecular complexity index is 942. The highest BCUT2D eigenvalue weighted by molar-refractivity contribution is 5.86. The lowest BCUT2D eigenvalue weighted by Crippen LogP contribution is -2.52. The third-order valence-electron chi connectivity index (χ3n) is 5.78. The van der Waals surface area contributed by atoms with E-state index in [4.69, 9.17) is 0 Å². The predicted molar refractivity (Wildman–Crippen MR) is 103 cm³/mol. The summed E-state index contributed by atoms with van der Waals surface area (Å²) >= 11 is 0. The van der Waals surface area contributed by atoms with E-state index < -0.39 is 0 Å². The van der Waals surface area contributed by atoms with Crippen LogP contribution in [0.4, 0.5) is 0 Å². The molecule has 1 unspecified atom stereocenters. The van der Waals surface area contributed by atoms with Crippen LogP contribution in [0.25, 0.3) is 10.9 Å². The van der Waals surface area contributed by atoms with Crippen LogP contribution in [0.1, 0.15) is 28.1 Å². The maximum atomic E-state index is 11.7. The van der Waals surface area contributed by atoms with Gasteiger partial charge in [0.15, 0.2) is 0 Å². The molecular formula is C22H27N3O. The molecule has 3 heterocycles. The fourth-order valence-electron chi connectivity index (χ4n) is 4.14. The van der Waals surface area contributed by atoms with E-state index in [1.807, 2.05) is 13.1 Å². The number of benzene rings is 1. The maximum Gasteiger partial charge on any atom is 0.106 e. The fraction of sp³-hybridized carbons (Fsp3) is 0.409. The molecule has 3 aromatic rings. The number of likely N-dealkylation sites (N-methyl/N-ethyl adjacent to an activating group) is 1. The van der Waals surface area contributed by atoms with E-state index in [-0.39, 0.29) is 6.73 Å². The predicted octanol–water partition coefficient (Wildman–Crippen LogP) is 2.72. The quantitative estimate of drug-likeness (QED) is 0.680. The first-order chi connectivity index (χ1) is 12.5. The summed E-state index contributed by atoms with van der Waals surface area (Å²) in [7, 11) is 2.09. The zero-order valence-corrected chi connectivity index (χ0v) is 16.0. The van der Waals surface area contributed by atoms with Crippen molar-refractivity contribution in [3.8, 4) is 0 Å². The second-order valence-electron chi connectivity index (χ2n) is 8.04. The first-order valence-electron chi connectivity index (χ1n) is 9.43. The summed E-state index contributed by atoms with van der Waals surface area (Å²) in [5, 5.41) is 13.1. The highest BCUT2D eigenvalue weighted by Crippen LogP contribution is 2.33. The summed E-state index contributed by atoms with van der Waals surface area (Å²) in [5.41, 5.74) is 7.73. The van der Waals surface area contributed by atoms with Crippen molar-refractivity contribution < 1.29 is 9.59 Å². The Labute approximate surface area is 155 Å². The van der Waals surface area contributed by atoms with Crippen LogP contribution in [0.5, 0.6) is 0 Å². The maximum absolute atomic E-state index is 11.7. The standard InChI is InChI=1S/C22H27N3O/c1-16-4-7-21-19(12-16)20-14-25(3,15-26)11-9-22(20)24(21)10-8-18-6-5-17(2)23-13-18/h4-7,12-13H,8-11,14-15H2,1-3H3. The minimum atomic E-state index is -0.0486. The van der Waals surface area contributed by atoms with Crippen molar-refractivity contribution in [1.82, 2.24) is 9.55 Å². The minimum absolute atomic E-state index is 0.0486. The van der Waals surface area contributed by atoms with Gasteiger partial charge in [0, 0.05) is 53.7 Å². The van der Waals surface area contributed by atoms with Gasteiger partial charge in [-0.05, 0) is 44.0 Å². The van der Waals surface area contributed by atoms with Crippen LogP contribution in [-0.2, 0) is 25.9 Å². The highest BCUT2D eigenvalue weighted by atomic mass is 16.3. The Kier molecular flexibility index (Phi) is 4.33. The normalized spacial score (nSPS) is 19.7. The van der Waals surface area contributed by atoms with Crippen molar-refractivity contribution >= 4 is 10.9 Å². The van der Waals surface area contributed by atoms with Crippen LogP contribution in [0, 0.1) is 13.8 Å². The summed E-state index contributed by atoms with van der Waals surface area (Å²) in [5.74, 6) is 0. The zero-order chi connectivity index (χ0) is 18.3. The lowest BCUT2D eigenvalue weighted by molar-refractivity contribution is -0.979. The second-order valence-corrected chi connectivity index (χ2v) is 8.04. The van der Waals surface area contributed by atoms with Gasteiger partial charge in [0.05, 0.1) is 13.6 Å². The molecule has 4 nitrogen and oxygen atoms in total. The number of quaternary nitrogens is 1. The smallest absolute Gasteiger partial charge is 0.106 e. The third-order valence-corrected chi connectivity index (χ3v) is 5.78. The van der Waals surface area contributed by atoms with Crippen LogP contribution >= 0.6 is 0 Å². The van der Waals surface area contributed by atoms with Crippen molar-refractivity contribution in [2.45, 2.75) is 39.8 Å². The molecule has 136 valence electrons. The topological polar surface area (TPSA) is 40.9 Å². The van der Waals surface area contributed by atoms with E-state index in [0.29, 0.717) is 4.48 Å². The number of aryl methyl sites for hydroxylation is 4. The van der Waals surface area contributed by atoms with E-state index in [0.717, 1.165) is 38.2 Å². The van der Waals surface area contributed by atoms with Gasteiger partial charge in [-0.3, -0.25) is 4.98 Å². The summed E-state index contributed by atoms with van der Waals surface area (Å²) < 4.78 is 3.08. The van der Waals surface area contributed by atoms with Gasteiger partial charge in [0.25, 0.3) is 0 Å². The van der Waals surface area contributed by atoms with Crippen molar-refractivity contribution in [3.63, 3.8) is 0 Å². The molecule has 0 saturated carbocycles. The summed E-state index contributed by atoms with van der Waals surface area (Å²) in [6.07, 6.45) is 3.95. The SMILES string of the molecule is Cc1ccc2c(c1)c1c(n2CCc2ccc(C)nc2)CC[N+](C)(C[O-])C1. The molecule has 0 fully saturated rings. The molecule has 0 N–H and O–H groups in total. The van der Waals surface area contributed by atoms with Crippen molar-refractivity contribution in [3.05, 3.63) is 64.6 Å². The molecule has 26 heavy (non-hydrogen) atoms. The van der Waals surface area contributed by atoms with Gasteiger partial charge in [-0.1, -0.05) is 17.7 Å². The van der Waals surface area contributed by atoms with E-state index in [9.17, 15) is 5.11 Å². The average Bonchev–Trinajstić information content (AvgIpc) is 2.93. The molecule has 1 aliphatic rings. The van der Waals surface area contributed by atoms with Crippen LogP contribution < -0.4 is 5.11 Å². The van der Waals surface area contributed by atoms with E-state index >= 15 is 0 Å². The molecule has 4 rings (SSSR count). The average molecular weight is 349 g/mol. The Hall–Kier alpha value is -2.17. The molecule has 0 bridgehead atoms. The van der Waals surface area contributed by atoms with Crippen LogP contribution in [-0.4, -0.2) is 34.4 Å². The van der Waals surface area contributed by atoms with Gasteiger partial charge in [-0.15, -0.1) is 0 Å². The number of rotatable bonds is 4. The number of hydrogen-bond acceptors (Lipinski definition) is 2. The number of aromatic nitrogens is 2. The molecule has 0 aliphatic carbocycles. The zero-order valence-electron chi connectivity index (χ0n) is 16.0. The molecule has 0 saturated heterocycles. The summed E-state index contributed by atoms with van der Waals surface area (Å²) in [6, 6.07) is 11.0. The molecule has 0 amide bonds. The number of hydrogen-bond donors (Lipinski definition) is 0. The molecule has 1 aliphatic heterocycles. The monoisotopic (exact) mass is 349 g/mol. The lowest BCUT2D eigenvalue weighted by Gasteiger charge is -2.40. The van der Waals surface area contributed by atoms with Gasteiger partial charge >= 0.3 is 0 Å². The van der Waals surface area contributed by atoms with E-state index in [2.05, 4.69) is 53.9 Å². The number of pyridine rings is 1. The Morgan fingerprint density at radius 1 is 1.19 bits per heavy atom. The van der Waals surface area contributed by atoms with E-state index in [1.54, 1.807) is 0 Å². The molecule has 4 heteroatoms.